The Labute approximate surface area is 91.9 Å². The highest BCUT2D eigenvalue weighted by Crippen LogP contribution is 2.20. The number of nitrogens with one attached hydrogen (secondary N) is 1. The van der Waals surface area contributed by atoms with Crippen molar-refractivity contribution < 1.29 is 4.55 Å². The molecule has 0 aliphatic heterocycles. The molecular weight excluding hydrogens is 220 g/mol. The second kappa shape index (κ2) is 5.58. The number of nitrogens with two attached hydrogens (primary N) is 1. The summed E-state index contributed by atoms with van der Waals surface area (Å²) in [5, 5.41) is 0.642. The number of hydrogen-bond acceptors (Lipinski definition) is 3. The second-order valence-corrected chi connectivity index (χ2v) is 4.53. The quantitative estimate of drug-likeness (QED) is 0.768. The minimum Gasteiger partial charge on any atom is -0.598 e. The zero-order valence-electron chi connectivity index (χ0n) is 7.87. The van der Waals surface area contributed by atoms with Gasteiger partial charge in [0.15, 0.2) is 0 Å². The predicted molar refractivity (Wildman–Crippen MR) is 60.4 cm³/mol. The molecule has 0 aliphatic rings. The first kappa shape index (κ1) is 11.8. The summed E-state index contributed by atoms with van der Waals surface area (Å²) in [5.41, 5.74) is 6.73. The van der Waals surface area contributed by atoms with Crippen molar-refractivity contribution in [2.75, 3.05) is 12.8 Å². The van der Waals surface area contributed by atoms with Crippen LogP contribution in [0.25, 0.3) is 0 Å². The fourth-order valence-corrected chi connectivity index (χ4v) is 1.78. The SMILES string of the molecule is C[S+]([O-])NCC(N)c1ccccc1Cl. The number of rotatable bonds is 4. The van der Waals surface area contributed by atoms with Gasteiger partial charge in [0.1, 0.15) is 6.26 Å². The second-order valence-electron chi connectivity index (χ2n) is 2.93. The van der Waals surface area contributed by atoms with Gasteiger partial charge in [-0.25, -0.2) is 0 Å². The van der Waals surface area contributed by atoms with E-state index in [4.69, 9.17) is 17.3 Å². The largest absolute Gasteiger partial charge is 0.598 e. The maximum atomic E-state index is 10.8. The van der Waals surface area contributed by atoms with Gasteiger partial charge in [0.05, 0.1) is 6.54 Å². The van der Waals surface area contributed by atoms with Crippen molar-refractivity contribution in [1.82, 2.24) is 4.72 Å². The summed E-state index contributed by atoms with van der Waals surface area (Å²) >= 11 is 4.91. The number of hydrogen-bond donors (Lipinski definition) is 2. The highest BCUT2D eigenvalue weighted by molar-refractivity contribution is 7.88. The van der Waals surface area contributed by atoms with Gasteiger partial charge in [-0.1, -0.05) is 29.8 Å². The number of halogens is 1. The molecule has 0 aromatic heterocycles. The molecule has 1 aromatic carbocycles. The fraction of sp³-hybridized carbons (Fsp3) is 0.333. The first-order valence-electron chi connectivity index (χ1n) is 4.18. The van der Waals surface area contributed by atoms with Gasteiger partial charge in [-0.3, -0.25) is 0 Å². The zero-order chi connectivity index (χ0) is 10.6. The van der Waals surface area contributed by atoms with E-state index >= 15 is 0 Å². The maximum Gasteiger partial charge on any atom is 0.115 e. The molecule has 0 bridgehead atoms. The van der Waals surface area contributed by atoms with Crippen molar-refractivity contribution >= 4 is 23.0 Å². The van der Waals surface area contributed by atoms with Crippen LogP contribution in [0.3, 0.4) is 0 Å². The number of benzene rings is 1. The van der Waals surface area contributed by atoms with E-state index in [1.54, 1.807) is 12.3 Å². The van der Waals surface area contributed by atoms with Gasteiger partial charge < -0.3 is 10.3 Å². The van der Waals surface area contributed by atoms with Gasteiger partial charge in [0.2, 0.25) is 0 Å². The molecule has 0 aliphatic carbocycles. The van der Waals surface area contributed by atoms with Crippen LogP contribution in [-0.2, 0) is 11.4 Å². The molecule has 0 radical (unpaired) electrons. The molecule has 78 valence electrons. The van der Waals surface area contributed by atoms with Gasteiger partial charge in [-0.2, -0.15) is 0 Å². The van der Waals surface area contributed by atoms with Crippen LogP contribution >= 0.6 is 11.6 Å². The van der Waals surface area contributed by atoms with Crippen molar-refractivity contribution in [3.63, 3.8) is 0 Å². The van der Waals surface area contributed by atoms with Gasteiger partial charge >= 0.3 is 0 Å². The third-order valence-corrected chi connectivity index (χ3v) is 2.73. The Hall–Kier alpha value is -0.260. The Balaban J connectivity index is 2.60. The summed E-state index contributed by atoms with van der Waals surface area (Å²) in [5.74, 6) is 0. The molecule has 2 unspecified atom stereocenters. The van der Waals surface area contributed by atoms with Crippen LogP contribution in [0.2, 0.25) is 5.02 Å². The van der Waals surface area contributed by atoms with Gasteiger partial charge in [-0.05, 0) is 11.6 Å². The molecule has 0 amide bonds. The van der Waals surface area contributed by atoms with Crippen molar-refractivity contribution in [2.45, 2.75) is 6.04 Å². The smallest absolute Gasteiger partial charge is 0.115 e. The average Bonchev–Trinajstić information content (AvgIpc) is 2.15. The van der Waals surface area contributed by atoms with Crippen LogP contribution in [0.5, 0.6) is 0 Å². The minimum atomic E-state index is -1.04. The third kappa shape index (κ3) is 3.48. The molecule has 0 fully saturated rings. The van der Waals surface area contributed by atoms with Crippen molar-refractivity contribution in [3.05, 3.63) is 34.9 Å². The van der Waals surface area contributed by atoms with Crippen LogP contribution in [0, 0.1) is 0 Å². The fourth-order valence-electron chi connectivity index (χ4n) is 1.09. The summed E-state index contributed by atoms with van der Waals surface area (Å²) in [6.07, 6.45) is 1.57. The van der Waals surface area contributed by atoms with E-state index < -0.39 is 11.4 Å². The van der Waals surface area contributed by atoms with Crippen molar-refractivity contribution in [3.8, 4) is 0 Å². The van der Waals surface area contributed by atoms with E-state index in [1.165, 1.54) is 0 Å². The van der Waals surface area contributed by atoms with E-state index in [1.807, 2.05) is 18.2 Å². The summed E-state index contributed by atoms with van der Waals surface area (Å²) in [6.45, 7) is 0.451. The van der Waals surface area contributed by atoms with Crippen molar-refractivity contribution in [1.29, 1.82) is 0 Å². The normalized spacial score (nSPS) is 15.1. The summed E-state index contributed by atoms with van der Waals surface area (Å²) < 4.78 is 13.5. The molecule has 14 heavy (non-hydrogen) atoms. The van der Waals surface area contributed by atoms with Gasteiger partial charge in [0.25, 0.3) is 0 Å². The first-order chi connectivity index (χ1) is 6.61. The van der Waals surface area contributed by atoms with Crippen molar-refractivity contribution in [2.24, 2.45) is 5.73 Å². The molecule has 1 rings (SSSR count). The lowest BCUT2D eigenvalue weighted by atomic mass is 10.1. The van der Waals surface area contributed by atoms with Crippen LogP contribution < -0.4 is 10.5 Å². The first-order valence-corrected chi connectivity index (χ1v) is 6.12. The molecule has 0 spiro atoms. The lowest BCUT2D eigenvalue weighted by Crippen LogP contribution is -2.31. The van der Waals surface area contributed by atoms with E-state index in [0.717, 1.165) is 5.56 Å². The molecule has 3 N–H and O–H groups in total. The monoisotopic (exact) mass is 232 g/mol. The molecular formula is C9H13ClN2OS. The molecule has 2 atom stereocenters. The van der Waals surface area contributed by atoms with Crippen LogP contribution in [0.15, 0.2) is 24.3 Å². The Morgan fingerprint density at radius 3 is 2.79 bits per heavy atom. The molecule has 0 saturated heterocycles. The zero-order valence-corrected chi connectivity index (χ0v) is 9.44. The van der Waals surface area contributed by atoms with E-state index in [2.05, 4.69) is 4.72 Å². The lowest BCUT2D eigenvalue weighted by Gasteiger charge is -2.14. The standard InChI is InChI=1S/C9H13ClN2OS/c1-14(13)12-6-9(11)7-4-2-3-5-8(7)10/h2-5,9,12H,6,11H2,1H3. The molecule has 0 saturated carbocycles. The topological polar surface area (TPSA) is 61.1 Å². The van der Waals surface area contributed by atoms with Crippen LogP contribution in [-0.4, -0.2) is 17.4 Å². The highest BCUT2D eigenvalue weighted by atomic mass is 35.5. The van der Waals surface area contributed by atoms with E-state index in [0.29, 0.717) is 11.6 Å². The highest BCUT2D eigenvalue weighted by Gasteiger charge is 2.10. The van der Waals surface area contributed by atoms with E-state index in [-0.39, 0.29) is 6.04 Å². The lowest BCUT2D eigenvalue weighted by molar-refractivity contribution is 0.577. The van der Waals surface area contributed by atoms with Crippen LogP contribution in [0.1, 0.15) is 11.6 Å². The third-order valence-electron chi connectivity index (χ3n) is 1.81. The van der Waals surface area contributed by atoms with Gasteiger partial charge in [-0.15, -0.1) is 4.72 Å². The Kier molecular flexibility index (Phi) is 4.71. The van der Waals surface area contributed by atoms with Crippen LogP contribution in [0.4, 0.5) is 0 Å². The van der Waals surface area contributed by atoms with E-state index in [9.17, 15) is 4.55 Å². The predicted octanol–water partition coefficient (Wildman–Crippen LogP) is 1.22. The Morgan fingerprint density at radius 2 is 2.21 bits per heavy atom. The molecule has 5 heteroatoms. The molecule has 1 aromatic rings. The maximum absolute atomic E-state index is 10.8. The summed E-state index contributed by atoms with van der Waals surface area (Å²) in [4.78, 5) is 0. The molecule has 3 nitrogen and oxygen atoms in total. The summed E-state index contributed by atoms with van der Waals surface area (Å²) in [6, 6.07) is 7.16. The summed E-state index contributed by atoms with van der Waals surface area (Å²) in [7, 11) is 0. The van der Waals surface area contributed by atoms with Gasteiger partial charge in [0, 0.05) is 22.4 Å². The average molecular weight is 233 g/mol. The Bertz CT molecular complexity index is 296. The minimum absolute atomic E-state index is 0.229. The molecule has 0 heterocycles. The Morgan fingerprint density at radius 1 is 1.57 bits per heavy atom.